The van der Waals surface area contributed by atoms with Gasteiger partial charge in [-0.3, -0.25) is 4.79 Å². The topological polar surface area (TPSA) is 49.3 Å². The van der Waals surface area contributed by atoms with Gasteiger partial charge in [-0.25, -0.2) is 0 Å². The van der Waals surface area contributed by atoms with Crippen molar-refractivity contribution in [2.24, 2.45) is 0 Å². The fraction of sp³-hybridized carbons (Fsp3) is 0.154. The van der Waals surface area contributed by atoms with E-state index in [1.807, 2.05) is 35.0 Å². The average molecular weight is 247 g/mol. The number of carbonyl (C=O) groups excluding carboxylic acids is 1. The largest absolute Gasteiger partial charge is 0.392 e. The van der Waals surface area contributed by atoms with Gasteiger partial charge >= 0.3 is 0 Å². The molecule has 3 nitrogen and oxygen atoms in total. The Bertz CT molecular complexity index is 494. The molecule has 17 heavy (non-hydrogen) atoms. The van der Waals surface area contributed by atoms with Gasteiger partial charge in [-0.05, 0) is 22.6 Å². The zero-order chi connectivity index (χ0) is 12.1. The van der Waals surface area contributed by atoms with E-state index in [-0.39, 0.29) is 12.5 Å². The van der Waals surface area contributed by atoms with Crippen molar-refractivity contribution < 1.29 is 9.90 Å². The molecule has 0 saturated carbocycles. The van der Waals surface area contributed by atoms with Crippen LogP contribution in [0.2, 0.25) is 0 Å². The van der Waals surface area contributed by atoms with Crippen LogP contribution < -0.4 is 5.32 Å². The predicted molar refractivity (Wildman–Crippen MR) is 67.9 cm³/mol. The van der Waals surface area contributed by atoms with Crippen molar-refractivity contribution in [3.63, 3.8) is 0 Å². The Hall–Kier alpha value is -1.65. The lowest BCUT2D eigenvalue weighted by Crippen LogP contribution is -2.22. The molecule has 88 valence electrons. The number of hydrogen-bond acceptors (Lipinski definition) is 3. The maximum atomic E-state index is 11.7. The van der Waals surface area contributed by atoms with E-state index in [0.717, 1.165) is 11.1 Å². The van der Waals surface area contributed by atoms with Gasteiger partial charge in [0.1, 0.15) is 0 Å². The van der Waals surface area contributed by atoms with Gasteiger partial charge in [-0.2, -0.15) is 11.3 Å². The number of carbonyl (C=O) groups is 1. The second kappa shape index (κ2) is 5.61. The van der Waals surface area contributed by atoms with Crippen LogP contribution in [0.1, 0.15) is 21.5 Å². The minimum absolute atomic E-state index is 0.00943. The molecule has 0 fully saturated rings. The number of amides is 1. The molecule has 0 saturated heterocycles. The SMILES string of the molecule is O=C(NCc1ccccc1CO)c1ccsc1. The molecule has 0 spiro atoms. The van der Waals surface area contributed by atoms with Gasteiger partial charge < -0.3 is 10.4 Å². The molecule has 2 N–H and O–H groups in total. The highest BCUT2D eigenvalue weighted by Crippen LogP contribution is 2.09. The number of aliphatic hydroxyl groups excluding tert-OH is 1. The van der Waals surface area contributed by atoms with Crippen LogP contribution >= 0.6 is 11.3 Å². The zero-order valence-electron chi connectivity index (χ0n) is 9.22. The van der Waals surface area contributed by atoms with E-state index in [1.54, 1.807) is 6.07 Å². The molecule has 1 aromatic carbocycles. The van der Waals surface area contributed by atoms with Crippen molar-refractivity contribution in [1.82, 2.24) is 5.32 Å². The molecule has 0 radical (unpaired) electrons. The van der Waals surface area contributed by atoms with Gasteiger partial charge in [0.05, 0.1) is 6.61 Å². The summed E-state index contributed by atoms with van der Waals surface area (Å²) in [5, 5.41) is 15.7. The Morgan fingerprint density at radius 1 is 1.24 bits per heavy atom. The third-order valence-corrected chi connectivity index (χ3v) is 3.19. The van der Waals surface area contributed by atoms with Crippen LogP contribution in [0.25, 0.3) is 0 Å². The van der Waals surface area contributed by atoms with Crippen LogP contribution in [0.5, 0.6) is 0 Å². The molecule has 0 atom stereocenters. The molecule has 2 aromatic rings. The highest BCUT2D eigenvalue weighted by Gasteiger charge is 2.06. The third-order valence-electron chi connectivity index (χ3n) is 2.51. The molecule has 1 heterocycles. The summed E-state index contributed by atoms with van der Waals surface area (Å²) in [5.74, 6) is -0.0843. The average Bonchev–Trinajstić information content (AvgIpc) is 2.90. The minimum atomic E-state index is -0.0843. The third kappa shape index (κ3) is 2.93. The zero-order valence-corrected chi connectivity index (χ0v) is 10.0. The summed E-state index contributed by atoms with van der Waals surface area (Å²) in [7, 11) is 0. The Labute approximate surface area is 104 Å². The van der Waals surface area contributed by atoms with E-state index < -0.39 is 0 Å². The first-order valence-electron chi connectivity index (χ1n) is 5.29. The van der Waals surface area contributed by atoms with E-state index in [2.05, 4.69) is 5.32 Å². The van der Waals surface area contributed by atoms with Gasteiger partial charge in [0.25, 0.3) is 5.91 Å². The lowest BCUT2D eigenvalue weighted by Gasteiger charge is -2.08. The van der Waals surface area contributed by atoms with Gasteiger partial charge in [0, 0.05) is 17.5 Å². The molecule has 0 aliphatic carbocycles. The van der Waals surface area contributed by atoms with Crippen molar-refractivity contribution in [1.29, 1.82) is 0 Å². The van der Waals surface area contributed by atoms with Gasteiger partial charge in [0.2, 0.25) is 0 Å². The van der Waals surface area contributed by atoms with Crippen molar-refractivity contribution in [2.75, 3.05) is 0 Å². The number of rotatable bonds is 4. The number of thiophene rings is 1. The first kappa shape index (κ1) is 11.8. The van der Waals surface area contributed by atoms with E-state index in [9.17, 15) is 4.79 Å². The lowest BCUT2D eigenvalue weighted by molar-refractivity contribution is 0.0951. The normalized spacial score (nSPS) is 10.2. The Balaban J connectivity index is 2.00. The van der Waals surface area contributed by atoms with Gasteiger partial charge in [-0.1, -0.05) is 24.3 Å². The van der Waals surface area contributed by atoms with Gasteiger partial charge in [-0.15, -0.1) is 0 Å². The summed E-state index contributed by atoms with van der Waals surface area (Å²) in [6.07, 6.45) is 0. The van der Waals surface area contributed by atoms with Crippen LogP contribution in [0.15, 0.2) is 41.1 Å². The lowest BCUT2D eigenvalue weighted by atomic mass is 10.1. The van der Waals surface area contributed by atoms with Crippen LogP contribution in [0, 0.1) is 0 Å². The highest BCUT2D eigenvalue weighted by molar-refractivity contribution is 7.08. The summed E-state index contributed by atoms with van der Waals surface area (Å²) in [6.45, 7) is 0.426. The number of nitrogens with one attached hydrogen (secondary N) is 1. The van der Waals surface area contributed by atoms with Crippen molar-refractivity contribution in [2.45, 2.75) is 13.2 Å². The summed E-state index contributed by atoms with van der Waals surface area (Å²) in [4.78, 5) is 11.7. The van der Waals surface area contributed by atoms with E-state index >= 15 is 0 Å². The smallest absolute Gasteiger partial charge is 0.252 e. The second-order valence-electron chi connectivity index (χ2n) is 3.62. The highest BCUT2D eigenvalue weighted by atomic mass is 32.1. The summed E-state index contributed by atoms with van der Waals surface area (Å²) >= 11 is 1.50. The van der Waals surface area contributed by atoms with E-state index in [4.69, 9.17) is 5.11 Å². The molecule has 2 rings (SSSR count). The first-order chi connectivity index (χ1) is 8.31. The molecular formula is C13H13NO2S. The first-order valence-corrected chi connectivity index (χ1v) is 6.23. The molecule has 1 aromatic heterocycles. The predicted octanol–water partition coefficient (Wildman–Crippen LogP) is 2.17. The fourth-order valence-corrected chi connectivity index (χ4v) is 2.19. The minimum Gasteiger partial charge on any atom is -0.392 e. The Morgan fingerprint density at radius 2 is 2.00 bits per heavy atom. The van der Waals surface area contributed by atoms with Crippen LogP contribution in [0.4, 0.5) is 0 Å². The van der Waals surface area contributed by atoms with Gasteiger partial charge in [0.15, 0.2) is 0 Å². The molecule has 0 bridgehead atoms. The van der Waals surface area contributed by atoms with Crippen LogP contribution in [0.3, 0.4) is 0 Å². The van der Waals surface area contributed by atoms with E-state index in [0.29, 0.717) is 12.1 Å². The number of hydrogen-bond donors (Lipinski definition) is 2. The molecule has 0 aliphatic rings. The monoisotopic (exact) mass is 247 g/mol. The summed E-state index contributed by atoms with van der Waals surface area (Å²) < 4.78 is 0. The number of benzene rings is 1. The standard InChI is InChI=1S/C13H13NO2S/c15-8-11-4-2-1-3-10(11)7-14-13(16)12-5-6-17-9-12/h1-6,9,15H,7-8H2,(H,14,16). The summed E-state index contributed by atoms with van der Waals surface area (Å²) in [6, 6.07) is 9.31. The molecule has 0 unspecified atom stereocenters. The van der Waals surface area contributed by atoms with Crippen molar-refractivity contribution in [3.05, 3.63) is 57.8 Å². The second-order valence-corrected chi connectivity index (χ2v) is 4.40. The van der Waals surface area contributed by atoms with Crippen molar-refractivity contribution >= 4 is 17.2 Å². The summed E-state index contributed by atoms with van der Waals surface area (Å²) in [5.41, 5.74) is 2.47. The van der Waals surface area contributed by atoms with Crippen LogP contribution in [-0.2, 0) is 13.2 Å². The van der Waals surface area contributed by atoms with Crippen molar-refractivity contribution in [3.8, 4) is 0 Å². The number of aliphatic hydroxyl groups is 1. The Morgan fingerprint density at radius 3 is 2.65 bits per heavy atom. The maximum absolute atomic E-state index is 11.7. The quantitative estimate of drug-likeness (QED) is 0.870. The molecule has 4 heteroatoms. The Kier molecular flexibility index (Phi) is 3.90. The fourth-order valence-electron chi connectivity index (χ4n) is 1.56. The maximum Gasteiger partial charge on any atom is 0.252 e. The molecular weight excluding hydrogens is 234 g/mol. The molecule has 1 amide bonds. The van der Waals surface area contributed by atoms with Crippen LogP contribution in [-0.4, -0.2) is 11.0 Å². The van der Waals surface area contributed by atoms with E-state index in [1.165, 1.54) is 11.3 Å². The molecule has 0 aliphatic heterocycles.